The van der Waals surface area contributed by atoms with Gasteiger partial charge in [0.15, 0.2) is 11.5 Å². The molecule has 0 spiro atoms. The number of carbonyl (C=O) groups is 2. The molecule has 0 aliphatic rings. The lowest BCUT2D eigenvalue weighted by molar-refractivity contribution is -0.130. The number of methoxy groups -OCH3 is 3. The molecule has 2 aromatic rings. The lowest BCUT2D eigenvalue weighted by Gasteiger charge is -2.22. The van der Waals surface area contributed by atoms with E-state index < -0.39 is 5.91 Å². The van der Waals surface area contributed by atoms with E-state index in [0.29, 0.717) is 35.9 Å². The minimum Gasteiger partial charge on any atom is -0.493 e. The second-order valence-corrected chi connectivity index (χ2v) is 6.40. The first-order valence-corrected chi connectivity index (χ1v) is 9.43. The van der Waals surface area contributed by atoms with Crippen LogP contribution >= 0.6 is 0 Å². The lowest BCUT2D eigenvalue weighted by Crippen LogP contribution is -2.40. The lowest BCUT2D eigenvalue weighted by atomic mass is 10.1. The summed E-state index contributed by atoms with van der Waals surface area (Å²) in [4.78, 5) is 27.0. The van der Waals surface area contributed by atoms with E-state index in [0.717, 1.165) is 12.0 Å². The Morgan fingerprint density at radius 1 is 0.966 bits per heavy atom. The van der Waals surface area contributed by atoms with Gasteiger partial charge in [0.25, 0.3) is 5.91 Å². The molecular formula is C22H28N2O5. The topological polar surface area (TPSA) is 77.1 Å². The first-order chi connectivity index (χ1) is 14.0. The van der Waals surface area contributed by atoms with Crippen LogP contribution in [0.3, 0.4) is 0 Å². The molecule has 7 nitrogen and oxygen atoms in total. The van der Waals surface area contributed by atoms with Crippen LogP contribution in [0.5, 0.6) is 17.2 Å². The van der Waals surface area contributed by atoms with Crippen LogP contribution in [-0.4, -0.2) is 51.1 Å². The molecule has 0 radical (unpaired) electrons. The number of nitrogens with one attached hydrogen (secondary N) is 1. The SMILES string of the molecule is CCCN(Cc1ccccc1)C(=O)CNC(=O)c1cc(OC)c(OC)c(OC)c1. The summed E-state index contributed by atoms with van der Waals surface area (Å²) in [5, 5.41) is 2.68. The van der Waals surface area contributed by atoms with Gasteiger partial charge in [0, 0.05) is 18.7 Å². The second-order valence-electron chi connectivity index (χ2n) is 6.40. The summed E-state index contributed by atoms with van der Waals surface area (Å²) in [6.45, 7) is 3.05. The van der Waals surface area contributed by atoms with Crippen molar-refractivity contribution >= 4 is 11.8 Å². The van der Waals surface area contributed by atoms with Gasteiger partial charge in [-0.2, -0.15) is 0 Å². The smallest absolute Gasteiger partial charge is 0.251 e. The normalized spacial score (nSPS) is 10.2. The Balaban J connectivity index is 2.07. The maximum atomic E-state index is 12.7. The van der Waals surface area contributed by atoms with Gasteiger partial charge in [-0.3, -0.25) is 9.59 Å². The average molecular weight is 400 g/mol. The average Bonchev–Trinajstić information content (AvgIpc) is 2.76. The zero-order valence-corrected chi connectivity index (χ0v) is 17.4. The first-order valence-electron chi connectivity index (χ1n) is 9.43. The quantitative estimate of drug-likeness (QED) is 0.664. The van der Waals surface area contributed by atoms with Gasteiger partial charge >= 0.3 is 0 Å². The third-order valence-corrected chi connectivity index (χ3v) is 4.39. The molecule has 0 aromatic heterocycles. The van der Waals surface area contributed by atoms with E-state index in [4.69, 9.17) is 14.2 Å². The monoisotopic (exact) mass is 400 g/mol. The summed E-state index contributed by atoms with van der Waals surface area (Å²) in [6.07, 6.45) is 0.833. The number of rotatable bonds is 10. The maximum Gasteiger partial charge on any atom is 0.251 e. The van der Waals surface area contributed by atoms with E-state index in [1.54, 1.807) is 17.0 Å². The predicted octanol–water partition coefficient (Wildman–Crippen LogP) is 2.88. The molecule has 2 aromatic carbocycles. The van der Waals surface area contributed by atoms with Crippen molar-refractivity contribution in [1.82, 2.24) is 10.2 Å². The molecule has 0 aliphatic heterocycles. The minimum atomic E-state index is -0.395. The molecule has 1 N–H and O–H groups in total. The van der Waals surface area contributed by atoms with Crippen molar-refractivity contribution in [3.05, 3.63) is 53.6 Å². The van der Waals surface area contributed by atoms with Gasteiger partial charge in [-0.1, -0.05) is 37.3 Å². The highest BCUT2D eigenvalue weighted by Gasteiger charge is 2.19. The molecule has 0 unspecified atom stereocenters. The molecule has 156 valence electrons. The van der Waals surface area contributed by atoms with Crippen LogP contribution in [-0.2, 0) is 11.3 Å². The fraction of sp³-hybridized carbons (Fsp3) is 0.364. The van der Waals surface area contributed by atoms with Crippen LogP contribution in [0.2, 0.25) is 0 Å². The van der Waals surface area contributed by atoms with Crippen molar-refractivity contribution in [3.63, 3.8) is 0 Å². The molecular weight excluding hydrogens is 372 g/mol. The van der Waals surface area contributed by atoms with E-state index >= 15 is 0 Å². The van der Waals surface area contributed by atoms with Gasteiger partial charge in [0.2, 0.25) is 11.7 Å². The van der Waals surface area contributed by atoms with Gasteiger partial charge in [-0.15, -0.1) is 0 Å². The molecule has 2 rings (SSSR count). The highest BCUT2D eigenvalue weighted by molar-refractivity contribution is 5.97. The van der Waals surface area contributed by atoms with Crippen LogP contribution in [0.15, 0.2) is 42.5 Å². The third kappa shape index (κ3) is 5.88. The van der Waals surface area contributed by atoms with E-state index in [-0.39, 0.29) is 12.5 Å². The van der Waals surface area contributed by atoms with Crippen LogP contribution < -0.4 is 19.5 Å². The number of hydrogen-bond donors (Lipinski definition) is 1. The van der Waals surface area contributed by atoms with Gasteiger partial charge in [0.1, 0.15) is 0 Å². The van der Waals surface area contributed by atoms with Gasteiger partial charge in [0.05, 0.1) is 27.9 Å². The van der Waals surface area contributed by atoms with Gasteiger partial charge in [-0.05, 0) is 24.1 Å². The molecule has 0 fully saturated rings. The Morgan fingerprint density at radius 2 is 1.59 bits per heavy atom. The molecule has 2 amide bonds. The second kappa shape index (κ2) is 10.9. The summed E-state index contributed by atoms with van der Waals surface area (Å²) in [7, 11) is 4.46. The number of carbonyl (C=O) groups excluding carboxylic acids is 2. The predicted molar refractivity (Wildman–Crippen MR) is 111 cm³/mol. The summed E-state index contributed by atoms with van der Waals surface area (Å²) in [5.41, 5.74) is 1.36. The van der Waals surface area contributed by atoms with E-state index in [1.807, 2.05) is 37.3 Å². The molecule has 0 atom stereocenters. The van der Waals surface area contributed by atoms with Crippen molar-refractivity contribution < 1.29 is 23.8 Å². The van der Waals surface area contributed by atoms with Gasteiger partial charge in [-0.25, -0.2) is 0 Å². The molecule has 29 heavy (non-hydrogen) atoms. The minimum absolute atomic E-state index is 0.0949. The van der Waals surface area contributed by atoms with E-state index in [2.05, 4.69) is 5.32 Å². The zero-order valence-electron chi connectivity index (χ0n) is 17.4. The number of hydrogen-bond acceptors (Lipinski definition) is 5. The van der Waals surface area contributed by atoms with Crippen molar-refractivity contribution in [1.29, 1.82) is 0 Å². The van der Waals surface area contributed by atoms with Crippen molar-refractivity contribution in [3.8, 4) is 17.2 Å². The Labute approximate surface area is 171 Å². The first kappa shape index (κ1) is 22.1. The van der Waals surface area contributed by atoms with Crippen molar-refractivity contribution in [2.75, 3.05) is 34.4 Å². The number of amides is 2. The highest BCUT2D eigenvalue weighted by atomic mass is 16.5. The highest BCUT2D eigenvalue weighted by Crippen LogP contribution is 2.38. The zero-order chi connectivity index (χ0) is 21.2. The summed E-state index contributed by atoms with van der Waals surface area (Å²) in [5.74, 6) is 0.616. The molecule has 0 saturated carbocycles. The number of nitrogens with zero attached hydrogens (tertiary/aromatic N) is 1. The largest absolute Gasteiger partial charge is 0.493 e. The third-order valence-electron chi connectivity index (χ3n) is 4.39. The Hall–Kier alpha value is -3.22. The Morgan fingerprint density at radius 3 is 2.10 bits per heavy atom. The van der Waals surface area contributed by atoms with E-state index in [9.17, 15) is 9.59 Å². The molecule has 7 heteroatoms. The van der Waals surface area contributed by atoms with Crippen LogP contribution in [0.4, 0.5) is 0 Å². The maximum absolute atomic E-state index is 12.7. The van der Waals surface area contributed by atoms with Crippen molar-refractivity contribution in [2.45, 2.75) is 19.9 Å². The fourth-order valence-corrected chi connectivity index (χ4v) is 2.95. The molecule has 0 saturated heterocycles. The van der Waals surface area contributed by atoms with Crippen LogP contribution in [0.1, 0.15) is 29.3 Å². The van der Waals surface area contributed by atoms with Crippen LogP contribution in [0, 0.1) is 0 Å². The molecule has 0 aliphatic carbocycles. The van der Waals surface area contributed by atoms with Crippen molar-refractivity contribution in [2.24, 2.45) is 0 Å². The number of ether oxygens (including phenoxy) is 3. The summed E-state index contributed by atoms with van der Waals surface area (Å²) in [6, 6.07) is 12.9. The van der Waals surface area contributed by atoms with E-state index in [1.165, 1.54) is 21.3 Å². The summed E-state index contributed by atoms with van der Waals surface area (Å²) < 4.78 is 15.8. The molecule has 0 bridgehead atoms. The Bertz CT molecular complexity index is 798. The number of benzene rings is 2. The molecule has 0 heterocycles. The summed E-state index contributed by atoms with van der Waals surface area (Å²) >= 11 is 0. The standard InChI is InChI=1S/C22H28N2O5/c1-5-11-24(15-16-9-7-6-8-10-16)20(25)14-23-22(26)17-12-18(27-2)21(29-4)19(13-17)28-3/h6-10,12-13H,5,11,14-15H2,1-4H3,(H,23,26). The Kier molecular flexibility index (Phi) is 8.33. The van der Waals surface area contributed by atoms with Gasteiger partial charge < -0.3 is 24.4 Å². The fourth-order valence-electron chi connectivity index (χ4n) is 2.95. The van der Waals surface area contributed by atoms with Crippen LogP contribution in [0.25, 0.3) is 0 Å².